The van der Waals surface area contributed by atoms with E-state index < -0.39 is 0 Å². The quantitative estimate of drug-likeness (QED) is 0.774. The van der Waals surface area contributed by atoms with Crippen molar-refractivity contribution in [3.8, 4) is 0 Å². The summed E-state index contributed by atoms with van der Waals surface area (Å²) < 4.78 is 6.31. The van der Waals surface area contributed by atoms with Gasteiger partial charge in [-0.15, -0.1) is 10.2 Å². The van der Waals surface area contributed by atoms with Crippen molar-refractivity contribution in [1.29, 1.82) is 0 Å². The normalized spacial score (nSPS) is 26.2. The maximum absolute atomic E-state index is 6.31. The minimum atomic E-state index is 0.330. The summed E-state index contributed by atoms with van der Waals surface area (Å²) in [6, 6.07) is 9.26. The third kappa shape index (κ3) is 5.34. The predicted octanol–water partition coefficient (Wildman–Crippen LogP) is 3.54. The largest absolute Gasteiger partial charge is 0.385 e. The van der Waals surface area contributed by atoms with E-state index in [-0.39, 0.29) is 0 Å². The lowest BCUT2D eigenvalue weighted by Crippen LogP contribution is -2.57. The Morgan fingerprint density at radius 1 is 1.17 bits per heavy atom. The molecule has 2 N–H and O–H groups in total. The van der Waals surface area contributed by atoms with Crippen LogP contribution in [0.15, 0.2) is 34.5 Å². The topological polar surface area (TPSA) is 66.5 Å². The van der Waals surface area contributed by atoms with Gasteiger partial charge in [-0.3, -0.25) is 4.90 Å². The molecule has 30 heavy (non-hydrogen) atoms. The van der Waals surface area contributed by atoms with Crippen molar-refractivity contribution in [3.63, 3.8) is 0 Å². The molecule has 0 saturated carbocycles. The number of amidine groups is 2. The third-order valence-electron chi connectivity index (χ3n) is 6.46. The molecule has 0 spiro atoms. The van der Waals surface area contributed by atoms with Crippen molar-refractivity contribution >= 4 is 23.3 Å². The Morgan fingerprint density at radius 2 is 1.90 bits per heavy atom. The van der Waals surface area contributed by atoms with Crippen LogP contribution in [0, 0.1) is 5.92 Å². The van der Waals surface area contributed by atoms with Gasteiger partial charge < -0.3 is 15.4 Å². The van der Waals surface area contributed by atoms with Crippen LogP contribution in [0.3, 0.4) is 0 Å². The molecule has 1 unspecified atom stereocenters. The average molecular weight is 432 g/mol. The van der Waals surface area contributed by atoms with E-state index in [1.807, 2.05) is 12.1 Å². The van der Waals surface area contributed by atoms with Crippen molar-refractivity contribution in [1.82, 2.24) is 9.80 Å². The van der Waals surface area contributed by atoms with E-state index in [2.05, 4.69) is 46.0 Å². The summed E-state index contributed by atoms with van der Waals surface area (Å²) in [7, 11) is 0. The van der Waals surface area contributed by atoms with E-state index in [1.54, 1.807) is 0 Å². The molecule has 3 heterocycles. The zero-order valence-corrected chi connectivity index (χ0v) is 18.9. The van der Waals surface area contributed by atoms with Gasteiger partial charge in [0.05, 0.1) is 19.1 Å². The molecule has 0 bridgehead atoms. The number of nitrogens with zero attached hydrogens (tertiary/aromatic N) is 4. The molecule has 2 fully saturated rings. The fourth-order valence-electron chi connectivity index (χ4n) is 4.95. The zero-order chi connectivity index (χ0) is 21.1. The molecule has 4 rings (SSSR count). The molecule has 2 saturated heterocycles. The molecular weight excluding hydrogens is 398 g/mol. The van der Waals surface area contributed by atoms with E-state index in [0.29, 0.717) is 36.4 Å². The summed E-state index contributed by atoms with van der Waals surface area (Å²) in [5.41, 5.74) is 7.13. The summed E-state index contributed by atoms with van der Waals surface area (Å²) in [6.07, 6.45) is 5.43. The average Bonchev–Trinajstić information content (AvgIpc) is 3.17. The van der Waals surface area contributed by atoms with Crippen molar-refractivity contribution in [2.24, 2.45) is 21.9 Å². The van der Waals surface area contributed by atoms with Crippen LogP contribution in [0.25, 0.3) is 0 Å². The smallest absolute Gasteiger partial charge is 0.135 e. The van der Waals surface area contributed by atoms with Crippen LogP contribution < -0.4 is 5.73 Å². The lowest BCUT2D eigenvalue weighted by atomic mass is 9.94. The van der Waals surface area contributed by atoms with E-state index in [4.69, 9.17) is 22.1 Å². The van der Waals surface area contributed by atoms with Gasteiger partial charge in [-0.1, -0.05) is 37.6 Å². The standard InChI is InChI=1S/C23H34ClN5O/c1-16(2)11-21-14-29(20(15-30-21)12-17-3-5-18(24)6-4-17)19-7-9-28(10-8-19)23-13-22(25)26-27-23/h3-6,16,19-21H,7-15H2,1-2H3,(H2,25,26)/t20?,21-/m0/s1. The van der Waals surface area contributed by atoms with Crippen LogP contribution in [0.2, 0.25) is 5.02 Å². The summed E-state index contributed by atoms with van der Waals surface area (Å²) in [6.45, 7) is 8.43. The third-order valence-corrected chi connectivity index (χ3v) is 6.71. The summed E-state index contributed by atoms with van der Waals surface area (Å²) in [5.74, 6) is 2.31. The van der Waals surface area contributed by atoms with Gasteiger partial charge in [0.15, 0.2) is 0 Å². The lowest BCUT2D eigenvalue weighted by molar-refractivity contribution is -0.0908. The van der Waals surface area contributed by atoms with Crippen LogP contribution in [0.1, 0.15) is 45.1 Å². The number of rotatable bonds is 5. The second kappa shape index (κ2) is 9.67. The second-order valence-electron chi connectivity index (χ2n) is 9.27. The van der Waals surface area contributed by atoms with E-state index >= 15 is 0 Å². The van der Waals surface area contributed by atoms with Crippen molar-refractivity contribution < 1.29 is 4.74 Å². The van der Waals surface area contributed by atoms with Gasteiger partial charge in [-0.25, -0.2) is 0 Å². The number of hydrogen-bond acceptors (Lipinski definition) is 6. The maximum atomic E-state index is 6.31. The molecule has 7 heteroatoms. The number of benzene rings is 1. The molecule has 0 amide bonds. The van der Waals surface area contributed by atoms with Gasteiger partial charge in [0.1, 0.15) is 11.7 Å². The first-order valence-corrected chi connectivity index (χ1v) is 11.6. The van der Waals surface area contributed by atoms with Crippen molar-refractivity contribution in [2.45, 2.75) is 64.1 Å². The number of hydrogen-bond donors (Lipinski definition) is 1. The molecule has 1 aromatic carbocycles. The Bertz CT molecular complexity index is 770. The zero-order valence-electron chi connectivity index (χ0n) is 18.1. The second-order valence-corrected chi connectivity index (χ2v) is 9.71. The highest BCUT2D eigenvalue weighted by atomic mass is 35.5. The molecular formula is C23H34ClN5O. The summed E-state index contributed by atoms with van der Waals surface area (Å²) in [4.78, 5) is 5.10. The van der Waals surface area contributed by atoms with E-state index in [9.17, 15) is 0 Å². The highest BCUT2D eigenvalue weighted by Gasteiger charge is 2.36. The van der Waals surface area contributed by atoms with Crippen LogP contribution in [-0.4, -0.2) is 65.9 Å². The predicted molar refractivity (Wildman–Crippen MR) is 123 cm³/mol. The van der Waals surface area contributed by atoms with Crippen LogP contribution in [0.4, 0.5) is 0 Å². The summed E-state index contributed by atoms with van der Waals surface area (Å²) in [5, 5.41) is 9.06. The first-order chi connectivity index (χ1) is 14.5. The molecule has 2 atom stereocenters. The first kappa shape index (κ1) is 21.6. The molecule has 3 aliphatic rings. The number of likely N-dealkylation sites (tertiary alicyclic amines) is 1. The van der Waals surface area contributed by atoms with Gasteiger partial charge in [0.2, 0.25) is 0 Å². The Hall–Kier alpha value is -1.63. The minimum absolute atomic E-state index is 0.330. The summed E-state index contributed by atoms with van der Waals surface area (Å²) >= 11 is 6.08. The number of piperidine rings is 1. The van der Waals surface area contributed by atoms with Crippen LogP contribution >= 0.6 is 11.6 Å². The van der Waals surface area contributed by atoms with Crippen LogP contribution in [0.5, 0.6) is 0 Å². The Morgan fingerprint density at radius 3 is 2.53 bits per heavy atom. The Balaban J connectivity index is 1.41. The van der Waals surface area contributed by atoms with E-state index in [0.717, 1.165) is 62.8 Å². The monoisotopic (exact) mass is 431 g/mol. The number of halogens is 1. The molecule has 6 nitrogen and oxygen atoms in total. The number of morpholine rings is 1. The van der Waals surface area contributed by atoms with Crippen LogP contribution in [-0.2, 0) is 11.2 Å². The first-order valence-electron chi connectivity index (χ1n) is 11.2. The molecule has 0 aliphatic carbocycles. The Kier molecular flexibility index (Phi) is 6.96. The lowest BCUT2D eigenvalue weighted by Gasteiger charge is -2.47. The molecule has 0 aromatic heterocycles. The number of nitrogens with two attached hydrogens (primary N) is 1. The highest BCUT2D eigenvalue weighted by Crippen LogP contribution is 2.27. The van der Waals surface area contributed by atoms with Gasteiger partial charge in [0, 0.05) is 36.7 Å². The van der Waals surface area contributed by atoms with Gasteiger partial charge in [-0.05, 0) is 49.3 Å². The molecule has 0 radical (unpaired) electrons. The highest BCUT2D eigenvalue weighted by molar-refractivity contribution is 6.30. The minimum Gasteiger partial charge on any atom is -0.385 e. The van der Waals surface area contributed by atoms with E-state index in [1.165, 1.54) is 5.56 Å². The molecule has 1 aromatic rings. The Labute approximate surface area is 185 Å². The van der Waals surface area contributed by atoms with Gasteiger partial charge in [0.25, 0.3) is 0 Å². The molecule has 3 aliphatic heterocycles. The van der Waals surface area contributed by atoms with Crippen molar-refractivity contribution in [2.75, 3.05) is 26.2 Å². The number of ether oxygens (including phenoxy) is 1. The van der Waals surface area contributed by atoms with Gasteiger partial charge in [-0.2, -0.15) is 0 Å². The molecule has 164 valence electrons. The fourth-order valence-corrected chi connectivity index (χ4v) is 5.08. The van der Waals surface area contributed by atoms with Crippen molar-refractivity contribution in [3.05, 3.63) is 34.9 Å². The fraction of sp³-hybridized carbons (Fsp3) is 0.652. The SMILES string of the molecule is CC(C)C[C@H]1CN(C2CCN(C3=NN=C(N)C3)CC2)C(Cc2ccc(Cl)cc2)CO1. The van der Waals surface area contributed by atoms with Gasteiger partial charge >= 0.3 is 0 Å². The maximum Gasteiger partial charge on any atom is 0.135 e.